The summed E-state index contributed by atoms with van der Waals surface area (Å²) in [4.78, 5) is 22.5. The minimum Gasteiger partial charge on any atom is -0.481 e. The molecule has 0 saturated heterocycles. The van der Waals surface area contributed by atoms with Crippen LogP contribution in [-0.2, 0) is 16.0 Å². The fraction of sp³-hybridized carbons (Fsp3) is 0.429. The van der Waals surface area contributed by atoms with Crippen molar-refractivity contribution in [1.29, 1.82) is 0 Å². The molecule has 1 amide bonds. The minimum absolute atomic E-state index is 0.0127. The summed E-state index contributed by atoms with van der Waals surface area (Å²) in [6.45, 7) is 1.93. The van der Waals surface area contributed by atoms with Crippen molar-refractivity contribution in [1.82, 2.24) is 5.32 Å². The average molecular weight is 326 g/mol. The number of nitrogens with one attached hydrogen (secondary N) is 1. The minimum atomic E-state index is -0.876. The van der Waals surface area contributed by atoms with Crippen molar-refractivity contribution < 1.29 is 14.7 Å². The van der Waals surface area contributed by atoms with Gasteiger partial charge in [0.2, 0.25) is 5.91 Å². The van der Waals surface area contributed by atoms with E-state index in [1.807, 2.05) is 31.2 Å². The standard InChI is InChI=1S/C14H16BrNO3/c1-8(6-9-4-2-3-5-12(9)15)16-13(17)10-7-11(10)14(18)19/h2-5,8,10-11H,6-7H2,1H3,(H,16,17)(H,18,19). The summed E-state index contributed by atoms with van der Waals surface area (Å²) in [7, 11) is 0. The van der Waals surface area contributed by atoms with E-state index in [0.717, 1.165) is 16.5 Å². The van der Waals surface area contributed by atoms with Gasteiger partial charge in [0.1, 0.15) is 0 Å². The Morgan fingerprint density at radius 1 is 1.42 bits per heavy atom. The van der Waals surface area contributed by atoms with E-state index in [-0.39, 0.29) is 17.9 Å². The molecule has 0 aliphatic heterocycles. The van der Waals surface area contributed by atoms with Crippen LogP contribution in [-0.4, -0.2) is 23.0 Å². The molecule has 0 aromatic heterocycles. The van der Waals surface area contributed by atoms with E-state index >= 15 is 0 Å². The molecule has 5 heteroatoms. The fourth-order valence-corrected chi connectivity index (χ4v) is 2.60. The zero-order chi connectivity index (χ0) is 14.0. The van der Waals surface area contributed by atoms with E-state index in [9.17, 15) is 9.59 Å². The summed E-state index contributed by atoms with van der Waals surface area (Å²) in [5.74, 6) is -1.86. The molecule has 0 spiro atoms. The Kier molecular flexibility index (Phi) is 4.24. The van der Waals surface area contributed by atoms with E-state index in [1.165, 1.54) is 0 Å². The van der Waals surface area contributed by atoms with Crippen LogP contribution in [0.2, 0.25) is 0 Å². The fourth-order valence-electron chi connectivity index (χ4n) is 2.15. The van der Waals surface area contributed by atoms with E-state index < -0.39 is 11.9 Å². The van der Waals surface area contributed by atoms with Gasteiger partial charge in [-0.05, 0) is 31.4 Å². The summed E-state index contributed by atoms with van der Waals surface area (Å²) in [6.07, 6.45) is 1.18. The highest BCUT2D eigenvalue weighted by molar-refractivity contribution is 9.10. The zero-order valence-electron chi connectivity index (χ0n) is 10.6. The third-order valence-electron chi connectivity index (χ3n) is 3.32. The SMILES string of the molecule is CC(Cc1ccccc1Br)NC(=O)C1CC1C(=O)O. The van der Waals surface area contributed by atoms with Crippen molar-refractivity contribution in [2.45, 2.75) is 25.8 Å². The van der Waals surface area contributed by atoms with Gasteiger partial charge in [-0.2, -0.15) is 0 Å². The molecule has 1 fully saturated rings. The first kappa shape index (κ1) is 14.1. The van der Waals surface area contributed by atoms with Crippen LogP contribution in [0.15, 0.2) is 28.7 Å². The number of halogens is 1. The van der Waals surface area contributed by atoms with Gasteiger partial charge in [0.15, 0.2) is 0 Å². The number of hydrogen-bond acceptors (Lipinski definition) is 2. The lowest BCUT2D eigenvalue weighted by molar-refractivity contribution is -0.140. The van der Waals surface area contributed by atoms with Crippen LogP contribution < -0.4 is 5.32 Å². The van der Waals surface area contributed by atoms with Crippen molar-refractivity contribution in [3.05, 3.63) is 34.3 Å². The van der Waals surface area contributed by atoms with Gasteiger partial charge in [-0.15, -0.1) is 0 Å². The molecule has 2 rings (SSSR count). The van der Waals surface area contributed by atoms with Gasteiger partial charge in [0, 0.05) is 10.5 Å². The normalized spacial score (nSPS) is 22.6. The molecule has 1 saturated carbocycles. The molecule has 2 N–H and O–H groups in total. The smallest absolute Gasteiger partial charge is 0.307 e. The Balaban J connectivity index is 1.85. The molecule has 3 atom stereocenters. The summed E-state index contributed by atoms with van der Waals surface area (Å²) in [5, 5.41) is 11.7. The van der Waals surface area contributed by atoms with Crippen molar-refractivity contribution in [2.24, 2.45) is 11.8 Å². The van der Waals surface area contributed by atoms with Crippen LogP contribution in [0.3, 0.4) is 0 Å². The molecule has 3 unspecified atom stereocenters. The zero-order valence-corrected chi connectivity index (χ0v) is 12.2. The van der Waals surface area contributed by atoms with Crippen LogP contribution in [0.25, 0.3) is 0 Å². The highest BCUT2D eigenvalue weighted by Crippen LogP contribution is 2.38. The van der Waals surface area contributed by atoms with E-state index in [1.54, 1.807) is 0 Å². The van der Waals surface area contributed by atoms with Crippen LogP contribution in [0.5, 0.6) is 0 Å². The Morgan fingerprint density at radius 3 is 2.68 bits per heavy atom. The van der Waals surface area contributed by atoms with E-state index in [2.05, 4.69) is 21.2 Å². The molecule has 0 heterocycles. The lowest BCUT2D eigenvalue weighted by Crippen LogP contribution is -2.35. The second-order valence-corrected chi connectivity index (χ2v) is 5.85. The van der Waals surface area contributed by atoms with Crippen LogP contribution in [0.1, 0.15) is 18.9 Å². The lowest BCUT2D eigenvalue weighted by Gasteiger charge is -2.14. The largest absolute Gasteiger partial charge is 0.481 e. The number of carbonyl (C=O) groups excluding carboxylic acids is 1. The third kappa shape index (κ3) is 3.56. The molecule has 1 aromatic rings. The number of hydrogen-bond donors (Lipinski definition) is 2. The lowest BCUT2D eigenvalue weighted by atomic mass is 10.1. The van der Waals surface area contributed by atoms with Gasteiger partial charge in [-0.25, -0.2) is 0 Å². The first-order valence-corrected chi connectivity index (χ1v) is 7.05. The molecule has 19 heavy (non-hydrogen) atoms. The van der Waals surface area contributed by atoms with E-state index in [4.69, 9.17) is 5.11 Å². The number of aliphatic carboxylic acids is 1. The molecule has 4 nitrogen and oxygen atoms in total. The maximum Gasteiger partial charge on any atom is 0.307 e. The summed E-state index contributed by atoms with van der Waals surface area (Å²) < 4.78 is 1.02. The molecule has 102 valence electrons. The molecule has 0 bridgehead atoms. The second-order valence-electron chi connectivity index (χ2n) is 4.99. The Hall–Kier alpha value is -1.36. The van der Waals surface area contributed by atoms with Crippen molar-refractivity contribution in [3.8, 4) is 0 Å². The molecular formula is C14H16BrNO3. The van der Waals surface area contributed by atoms with Gasteiger partial charge in [-0.1, -0.05) is 34.1 Å². The second kappa shape index (κ2) is 5.74. The predicted molar refractivity (Wildman–Crippen MR) is 74.7 cm³/mol. The first-order valence-electron chi connectivity index (χ1n) is 6.25. The summed E-state index contributed by atoms with van der Waals surface area (Å²) in [5.41, 5.74) is 1.13. The number of benzene rings is 1. The number of carboxylic acids is 1. The van der Waals surface area contributed by atoms with Crippen LogP contribution in [0.4, 0.5) is 0 Å². The number of carboxylic acid groups (broad SMARTS) is 1. The third-order valence-corrected chi connectivity index (χ3v) is 4.09. The highest BCUT2D eigenvalue weighted by Gasteiger charge is 2.48. The Bertz CT molecular complexity index is 503. The first-order chi connectivity index (χ1) is 8.99. The van der Waals surface area contributed by atoms with Crippen molar-refractivity contribution >= 4 is 27.8 Å². The number of amides is 1. The summed E-state index contributed by atoms with van der Waals surface area (Å²) >= 11 is 3.47. The molecule has 1 aromatic carbocycles. The average Bonchev–Trinajstić information content (AvgIpc) is 3.12. The highest BCUT2D eigenvalue weighted by atomic mass is 79.9. The van der Waals surface area contributed by atoms with Crippen molar-refractivity contribution in [3.63, 3.8) is 0 Å². The van der Waals surface area contributed by atoms with Gasteiger partial charge in [0.25, 0.3) is 0 Å². The molecule has 1 aliphatic carbocycles. The predicted octanol–water partition coefficient (Wildman–Crippen LogP) is 2.22. The molecule has 1 aliphatic rings. The molecule has 0 radical (unpaired) electrons. The summed E-state index contributed by atoms with van der Waals surface area (Å²) in [6, 6.07) is 7.85. The Morgan fingerprint density at radius 2 is 2.11 bits per heavy atom. The molecular weight excluding hydrogens is 310 g/mol. The van der Waals surface area contributed by atoms with Gasteiger partial charge >= 0.3 is 5.97 Å². The van der Waals surface area contributed by atoms with E-state index in [0.29, 0.717) is 6.42 Å². The van der Waals surface area contributed by atoms with Gasteiger partial charge in [0.05, 0.1) is 11.8 Å². The number of carbonyl (C=O) groups is 2. The number of rotatable bonds is 5. The Labute approximate surface area is 120 Å². The maximum absolute atomic E-state index is 11.8. The van der Waals surface area contributed by atoms with Crippen molar-refractivity contribution in [2.75, 3.05) is 0 Å². The monoisotopic (exact) mass is 325 g/mol. The van der Waals surface area contributed by atoms with Crippen LogP contribution >= 0.6 is 15.9 Å². The maximum atomic E-state index is 11.8. The quantitative estimate of drug-likeness (QED) is 0.872. The van der Waals surface area contributed by atoms with Gasteiger partial charge < -0.3 is 10.4 Å². The van der Waals surface area contributed by atoms with Gasteiger partial charge in [-0.3, -0.25) is 9.59 Å². The topological polar surface area (TPSA) is 66.4 Å². The van der Waals surface area contributed by atoms with Crippen LogP contribution in [0, 0.1) is 11.8 Å².